The molecular weight excluding hydrogens is 410 g/mol. The molecule has 2 aromatic rings. The van der Waals surface area contributed by atoms with E-state index in [0.29, 0.717) is 48.6 Å². The molecule has 0 aliphatic carbocycles. The minimum absolute atomic E-state index is 0.0491. The third kappa shape index (κ3) is 5.18. The molecule has 1 saturated heterocycles. The molecule has 1 amide bonds. The molecule has 1 N–H and O–H groups in total. The molecule has 8 heteroatoms. The van der Waals surface area contributed by atoms with Gasteiger partial charge in [0.25, 0.3) is 5.56 Å². The number of carbonyl (C=O) groups excluding carboxylic acids is 2. The molecule has 1 atom stereocenters. The zero-order valence-corrected chi connectivity index (χ0v) is 19.2. The number of methoxy groups -OCH3 is 1. The molecule has 1 aromatic carbocycles. The average Bonchev–Trinajstić information content (AvgIpc) is 2.76. The molecule has 1 aliphatic heterocycles. The van der Waals surface area contributed by atoms with E-state index in [4.69, 9.17) is 9.47 Å². The van der Waals surface area contributed by atoms with Gasteiger partial charge in [-0.05, 0) is 57.7 Å². The van der Waals surface area contributed by atoms with Crippen LogP contribution in [0.2, 0.25) is 0 Å². The quantitative estimate of drug-likeness (QED) is 0.662. The van der Waals surface area contributed by atoms with Crippen LogP contribution in [0.25, 0.3) is 0 Å². The Morgan fingerprint density at radius 1 is 1.28 bits per heavy atom. The van der Waals surface area contributed by atoms with Crippen molar-refractivity contribution in [3.05, 3.63) is 57.3 Å². The van der Waals surface area contributed by atoms with Crippen LogP contribution in [0.3, 0.4) is 0 Å². The molecule has 0 unspecified atom stereocenters. The largest absolute Gasteiger partial charge is 0.497 e. The van der Waals surface area contributed by atoms with Gasteiger partial charge in [0, 0.05) is 24.3 Å². The predicted octanol–water partition coefficient (Wildman–Crippen LogP) is 2.35. The Hall–Kier alpha value is -3.16. The van der Waals surface area contributed by atoms with Crippen molar-refractivity contribution in [3.8, 4) is 5.75 Å². The number of carbonyl (C=O) groups is 2. The van der Waals surface area contributed by atoms with Gasteiger partial charge in [0.05, 0.1) is 25.6 Å². The normalized spacial score (nSPS) is 18.3. The van der Waals surface area contributed by atoms with Crippen LogP contribution in [-0.2, 0) is 27.2 Å². The van der Waals surface area contributed by atoms with Gasteiger partial charge >= 0.3 is 5.97 Å². The maximum absolute atomic E-state index is 13.2. The molecule has 8 nitrogen and oxygen atoms in total. The van der Waals surface area contributed by atoms with E-state index in [9.17, 15) is 14.4 Å². The van der Waals surface area contributed by atoms with E-state index < -0.39 is 5.41 Å². The number of likely N-dealkylation sites (tertiary alicyclic amines) is 1. The summed E-state index contributed by atoms with van der Waals surface area (Å²) < 4.78 is 10.8. The Kier molecular flexibility index (Phi) is 7.33. The second kappa shape index (κ2) is 9.97. The van der Waals surface area contributed by atoms with E-state index in [0.717, 1.165) is 5.56 Å². The summed E-state index contributed by atoms with van der Waals surface area (Å²) in [5, 5.41) is 0. The number of rotatable bonds is 7. The van der Waals surface area contributed by atoms with Gasteiger partial charge < -0.3 is 19.4 Å². The van der Waals surface area contributed by atoms with Crippen molar-refractivity contribution in [1.82, 2.24) is 14.9 Å². The highest BCUT2D eigenvalue weighted by molar-refractivity contribution is 5.82. The summed E-state index contributed by atoms with van der Waals surface area (Å²) in [7, 11) is 1.60. The van der Waals surface area contributed by atoms with Crippen LogP contribution in [0.5, 0.6) is 5.75 Å². The van der Waals surface area contributed by atoms with Crippen LogP contribution in [-0.4, -0.2) is 53.6 Å². The Morgan fingerprint density at radius 3 is 2.75 bits per heavy atom. The number of amides is 1. The van der Waals surface area contributed by atoms with Crippen molar-refractivity contribution in [1.29, 1.82) is 0 Å². The number of aromatic amines is 1. The third-order valence-corrected chi connectivity index (χ3v) is 5.98. The molecule has 1 aliphatic rings. The van der Waals surface area contributed by atoms with Gasteiger partial charge in [-0.25, -0.2) is 4.98 Å². The maximum atomic E-state index is 13.2. The number of benzene rings is 1. The topological polar surface area (TPSA) is 102 Å². The lowest BCUT2D eigenvalue weighted by Gasteiger charge is -2.41. The lowest BCUT2D eigenvalue weighted by Crippen LogP contribution is -2.52. The highest BCUT2D eigenvalue weighted by Gasteiger charge is 2.44. The number of aryl methyl sites for hydroxylation is 2. The van der Waals surface area contributed by atoms with Crippen molar-refractivity contribution in [2.45, 2.75) is 46.5 Å². The van der Waals surface area contributed by atoms with E-state index >= 15 is 0 Å². The summed E-state index contributed by atoms with van der Waals surface area (Å²) in [6.07, 6.45) is 1.69. The standard InChI is InChI=1S/C24H31N3O5/c1-5-32-23(30)24(14-18-8-6-9-19(12-18)31-4)10-7-11-27(15-24)21(28)13-20-16(2)25-17(3)26-22(20)29/h6,8-9,12H,5,7,10-11,13-15H2,1-4H3,(H,25,26,29)/t24-/m1/s1. The number of ether oxygens (including phenoxy) is 2. The van der Waals surface area contributed by atoms with Gasteiger partial charge in [-0.3, -0.25) is 14.4 Å². The van der Waals surface area contributed by atoms with Crippen LogP contribution in [0.15, 0.2) is 29.1 Å². The molecule has 1 fully saturated rings. The van der Waals surface area contributed by atoms with Crippen LogP contribution in [0, 0.1) is 19.3 Å². The number of esters is 1. The molecule has 0 spiro atoms. The van der Waals surface area contributed by atoms with Gasteiger partial charge in [0.1, 0.15) is 11.6 Å². The number of nitrogens with one attached hydrogen (secondary N) is 1. The molecule has 0 saturated carbocycles. The number of nitrogens with zero attached hydrogens (tertiary/aromatic N) is 2. The van der Waals surface area contributed by atoms with Gasteiger partial charge in [-0.1, -0.05) is 12.1 Å². The van der Waals surface area contributed by atoms with E-state index in [1.54, 1.807) is 32.8 Å². The first-order valence-electron chi connectivity index (χ1n) is 10.9. The fraction of sp³-hybridized carbons (Fsp3) is 0.500. The maximum Gasteiger partial charge on any atom is 0.314 e. The molecular formula is C24H31N3O5. The Bertz CT molecular complexity index is 1050. The van der Waals surface area contributed by atoms with Crippen LogP contribution in [0.1, 0.15) is 42.4 Å². The van der Waals surface area contributed by atoms with Crippen LogP contribution in [0.4, 0.5) is 0 Å². The third-order valence-electron chi connectivity index (χ3n) is 5.98. The first kappa shape index (κ1) is 23.5. The minimum atomic E-state index is -0.844. The Balaban J connectivity index is 1.85. The second-order valence-electron chi connectivity index (χ2n) is 8.34. The minimum Gasteiger partial charge on any atom is -0.497 e. The molecule has 1 aromatic heterocycles. The smallest absolute Gasteiger partial charge is 0.314 e. The zero-order chi connectivity index (χ0) is 23.3. The Labute approximate surface area is 188 Å². The van der Waals surface area contributed by atoms with Crippen molar-refractivity contribution >= 4 is 11.9 Å². The van der Waals surface area contributed by atoms with Crippen LogP contribution < -0.4 is 10.3 Å². The predicted molar refractivity (Wildman–Crippen MR) is 120 cm³/mol. The first-order chi connectivity index (χ1) is 15.3. The molecule has 2 heterocycles. The molecule has 0 radical (unpaired) electrons. The molecule has 32 heavy (non-hydrogen) atoms. The number of aromatic nitrogens is 2. The fourth-order valence-corrected chi connectivity index (χ4v) is 4.41. The van der Waals surface area contributed by atoms with E-state index in [1.165, 1.54) is 0 Å². The lowest BCUT2D eigenvalue weighted by atomic mass is 9.75. The Morgan fingerprint density at radius 2 is 2.06 bits per heavy atom. The SMILES string of the molecule is CCOC(=O)[C@@]1(Cc2cccc(OC)c2)CCCN(C(=O)Cc2c(C)nc(C)[nH]c2=O)C1. The summed E-state index contributed by atoms with van der Waals surface area (Å²) in [5.74, 6) is 0.739. The number of H-pyrrole nitrogens is 1. The number of piperidine rings is 1. The number of hydrogen-bond acceptors (Lipinski definition) is 6. The zero-order valence-electron chi connectivity index (χ0n) is 19.2. The summed E-state index contributed by atoms with van der Waals surface area (Å²) in [6, 6.07) is 7.60. The lowest BCUT2D eigenvalue weighted by molar-refractivity contribution is -0.160. The summed E-state index contributed by atoms with van der Waals surface area (Å²) in [5.41, 5.74) is 0.712. The molecule has 172 valence electrons. The van der Waals surface area contributed by atoms with E-state index in [-0.39, 0.29) is 37.0 Å². The highest BCUT2D eigenvalue weighted by atomic mass is 16.5. The van der Waals surface area contributed by atoms with Crippen molar-refractivity contribution in [2.24, 2.45) is 5.41 Å². The van der Waals surface area contributed by atoms with E-state index in [2.05, 4.69) is 9.97 Å². The van der Waals surface area contributed by atoms with Gasteiger partial charge in [0.15, 0.2) is 0 Å². The molecule has 3 rings (SSSR count). The van der Waals surface area contributed by atoms with Crippen molar-refractivity contribution < 1.29 is 19.1 Å². The molecule has 0 bridgehead atoms. The van der Waals surface area contributed by atoms with Gasteiger partial charge in [-0.15, -0.1) is 0 Å². The van der Waals surface area contributed by atoms with E-state index in [1.807, 2.05) is 24.3 Å². The van der Waals surface area contributed by atoms with Crippen molar-refractivity contribution in [3.63, 3.8) is 0 Å². The summed E-state index contributed by atoms with van der Waals surface area (Å²) in [6.45, 7) is 6.27. The van der Waals surface area contributed by atoms with Gasteiger partial charge in [-0.2, -0.15) is 0 Å². The average molecular weight is 442 g/mol. The summed E-state index contributed by atoms with van der Waals surface area (Å²) in [4.78, 5) is 47.2. The summed E-state index contributed by atoms with van der Waals surface area (Å²) >= 11 is 0. The van der Waals surface area contributed by atoms with Crippen LogP contribution >= 0.6 is 0 Å². The second-order valence-corrected chi connectivity index (χ2v) is 8.34. The van der Waals surface area contributed by atoms with Gasteiger partial charge in [0.2, 0.25) is 5.91 Å². The van der Waals surface area contributed by atoms with Crippen molar-refractivity contribution in [2.75, 3.05) is 26.8 Å². The highest BCUT2D eigenvalue weighted by Crippen LogP contribution is 2.36. The monoisotopic (exact) mass is 441 g/mol. The fourth-order valence-electron chi connectivity index (χ4n) is 4.41. The first-order valence-corrected chi connectivity index (χ1v) is 10.9. The number of hydrogen-bond donors (Lipinski definition) is 1.